The summed E-state index contributed by atoms with van der Waals surface area (Å²) in [6.07, 6.45) is 1.51. The first-order chi connectivity index (χ1) is 12.6. The predicted molar refractivity (Wildman–Crippen MR) is 105 cm³/mol. The fourth-order valence-corrected chi connectivity index (χ4v) is 3.48. The number of para-hydroxylation sites is 1. The molecule has 0 bridgehead atoms. The number of benzene rings is 2. The number of carbonyl (C=O) groups excluding carboxylic acids is 1. The number of amides is 1. The highest BCUT2D eigenvalue weighted by Gasteiger charge is 2.38. The second-order valence-electron chi connectivity index (χ2n) is 6.77. The highest BCUT2D eigenvalue weighted by atomic mass is 16.2. The molecule has 130 valence electrons. The Morgan fingerprint density at radius 3 is 2.35 bits per heavy atom. The zero-order chi connectivity index (χ0) is 18.3. The molecule has 1 aromatic heterocycles. The molecule has 1 unspecified atom stereocenters. The van der Waals surface area contributed by atoms with E-state index >= 15 is 0 Å². The van der Waals surface area contributed by atoms with E-state index in [4.69, 9.17) is 0 Å². The maximum absolute atomic E-state index is 13.1. The average Bonchev–Trinajstić information content (AvgIpc) is 2.92. The number of fused-ring (bicyclic) bond motifs is 1. The van der Waals surface area contributed by atoms with Gasteiger partial charge in [0.2, 0.25) is 0 Å². The molecule has 2 aromatic carbocycles. The van der Waals surface area contributed by atoms with Crippen LogP contribution in [-0.4, -0.2) is 10.9 Å². The third kappa shape index (κ3) is 2.64. The van der Waals surface area contributed by atoms with Gasteiger partial charge in [0, 0.05) is 23.0 Å². The molecular formula is C22H21N3O. The second-order valence-corrected chi connectivity index (χ2v) is 6.77. The Labute approximate surface area is 153 Å². The summed E-state index contributed by atoms with van der Waals surface area (Å²) in [4.78, 5) is 19.3. The SMILES string of the molecule is Cc1ccc(N2C(=O)c3ccccc3C2Nc2c(C)cccc2C)nc1. The third-order valence-electron chi connectivity index (χ3n) is 4.87. The molecule has 0 saturated heterocycles. The first-order valence-electron chi connectivity index (χ1n) is 8.74. The van der Waals surface area contributed by atoms with Gasteiger partial charge in [0.15, 0.2) is 0 Å². The van der Waals surface area contributed by atoms with E-state index in [0.717, 1.165) is 33.5 Å². The highest BCUT2D eigenvalue weighted by Crippen LogP contribution is 2.38. The molecule has 3 aromatic rings. The lowest BCUT2D eigenvalue weighted by atomic mass is 10.1. The number of hydrogen-bond donors (Lipinski definition) is 1. The number of hydrogen-bond acceptors (Lipinski definition) is 3. The van der Waals surface area contributed by atoms with Crippen LogP contribution in [-0.2, 0) is 0 Å². The van der Waals surface area contributed by atoms with Gasteiger partial charge in [-0.15, -0.1) is 0 Å². The van der Waals surface area contributed by atoms with Crippen molar-refractivity contribution >= 4 is 17.4 Å². The van der Waals surface area contributed by atoms with Crippen molar-refractivity contribution in [3.63, 3.8) is 0 Å². The van der Waals surface area contributed by atoms with Crippen molar-refractivity contribution in [3.8, 4) is 0 Å². The molecule has 0 spiro atoms. The van der Waals surface area contributed by atoms with Crippen LogP contribution in [0.2, 0.25) is 0 Å². The Hall–Kier alpha value is -3.14. The average molecular weight is 343 g/mol. The molecule has 2 heterocycles. The summed E-state index contributed by atoms with van der Waals surface area (Å²) in [5.41, 5.74) is 6.12. The lowest BCUT2D eigenvalue weighted by molar-refractivity contribution is 0.0992. The van der Waals surface area contributed by atoms with Crippen LogP contribution in [0.25, 0.3) is 0 Å². The molecule has 1 atom stereocenters. The van der Waals surface area contributed by atoms with E-state index in [2.05, 4.69) is 36.3 Å². The first kappa shape index (κ1) is 16.3. The van der Waals surface area contributed by atoms with Gasteiger partial charge < -0.3 is 5.32 Å². The maximum Gasteiger partial charge on any atom is 0.261 e. The summed E-state index contributed by atoms with van der Waals surface area (Å²) in [6.45, 7) is 6.14. The zero-order valence-corrected chi connectivity index (χ0v) is 15.2. The largest absolute Gasteiger partial charge is 0.361 e. The van der Waals surface area contributed by atoms with Gasteiger partial charge in [0.25, 0.3) is 5.91 Å². The second kappa shape index (κ2) is 6.30. The standard InChI is InChI=1S/C22H21N3O/c1-14-11-12-19(23-13-14)25-21(17-9-4-5-10-18(17)22(25)26)24-20-15(2)7-6-8-16(20)3/h4-13,21,24H,1-3H3. The number of nitrogens with one attached hydrogen (secondary N) is 1. The molecule has 0 radical (unpaired) electrons. The molecule has 4 heteroatoms. The van der Waals surface area contributed by atoms with Gasteiger partial charge in [-0.25, -0.2) is 4.98 Å². The number of aromatic nitrogens is 1. The molecule has 1 aliphatic rings. The van der Waals surface area contributed by atoms with Gasteiger partial charge in [0.05, 0.1) is 0 Å². The van der Waals surface area contributed by atoms with Crippen LogP contribution in [0.5, 0.6) is 0 Å². The summed E-state index contributed by atoms with van der Waals surface area (Å²) in [5.74, 6) is 0.626. The molecule has 0 fully saturated rings. The zero-order valence-electron chi connectivity index (χ0n) is 15.2. The summed E-state index contributed by atoms with van der Waals surface area (Å²) in [6, 6.07) is 17.8. The number of aryl methyl sites for hydroxylation is 3. The number of carbonyl (C=O) groups is 1. The fraction of sp³-hybridized carbons (Fsp3) is 0.182. The first-order valence-corrected chi connectivity index (χ1v) is 8.74. The van der Waals surface area contributed by atoms with Gasteiger partial charge >= 0.3 is 0 Å². The normalized spacial score (nSPS) is 15.9. The predicted octanol–water partition coefficient (Wildman–Crippen LogP) is 4.78. The van der Waals surface area contributed by atoms with E-state index in [9.17, 15) is 4.79 Å². The van der Waals surface area contributed by atoms with Crippen LogP contribution < -0.4 is 10.2 Å². The Morgan fingerprint density at radius 2 is 1.65 bits per heavy atom. The molecule has 1 amide bonds. The van der Waals surface area contributed by atoms with Gasteiger partial charge in [-0.3, -0.25) is 9.69 Å². The van der Waals surface area contributed by atoms with Crippen molar-refractivity contribution in [3.05, 3.63) is 88.6 Å². The van der Waals surface area contributed by atoms with Gasteiger partial charge in [-0.2, -0.15) is 0 Å². The minimum atomic E-state index is -0.284. The molecule has 0 aliphatic carbocycles. The van der Waals surface area contributed by atoms with E-state index in [1.807, 2.05) is 49.4 Å². The minimum absolute atomic E-state index is 0.0271. The Balaban J connectivity index is 1.82. The molecule has 1 N–H and O–H groups in total. The monoisotopic (exact) mass is 343 g/mol. The van der Waals surface area contributed by atoms with E-state index in [0.29, 0.717) is 5.82 Å². The molecule has 4 rings (SSSR count). The fourth-order valence-electron chi connectivity index (χ4n) is 3.48. The molecule has 26 heavy (non-hydrogen) atoms. The van der Waals surface area contributed by atoms with E-state index in [1.165, 1.54) is 0 Å². The Bertz CT molecular complexity index is 959. The van der Waals surface area contributed by atoms with Gasteiger partial charge in [-0.1, -0.05) is 42.5 Å². The van der Waals surface area contributed by atoms with Crippen LogP contribution in [0.1, 0.15) is 38.8 Å². The van der Waals surface area contributed by atoms with Gasteiger partial charge in [0.1, 0.15) is 12.0 Å². The van der Waals surface area contributed by atoms with Crippen molar-refractivity contribution in [2.45, 2.75) is 26.9 Å². The van der Waals surface area contributed by atoms with Crippen molar-refractivity contribution < 1.29 is 4.79 Å². The lowest BCUT2D eigenvalue weighted by Crippen LogP contribution is -2.33. The van der Waals surface area contributed by atoms with Crippen molar-refractivity contribution in [2.75, 3.05) is 10.2 Å². The minimum Gasteiger partial charge on any atom is -0.361 e. The lowest BCUT2D eigenvalue weighted by Gasteiger charge is -2.27. The third-order valence-corrected chi connectivity index (χ3v) is 4.87. The topological polar surface area (TPSA) is 45.2 Å². The molecule has 0 saturated carbocycles. The number of anilines is 2. The number of nitrogens with zero attached hydrogens (tertiary/aromatic N) is 2. The summed E-state index contributed by atoms with van der Waals surface area (Å²) >= 11 is 0. The molecule has 1 aliphatic heterocycles. The number of rotatable bonds is 3. The summed E-state index contributed by atoms with van der Waals surface area (Å²) in [5, 5.41) is 3.59. The quantitative estimate of drug-likeness (QED) is 0.744. The van der Waals surface area contributed by atoms with E-state index in [1.54, 1.807) is 11.1 Å². The summed E-state index contributed by atoms with van der Waals surface area (Å²) in [7, 11) is 0. The van der Waals surface area contributed by atoms with Crippen LogP contribution >= 0.6 is 0 Å². The van der Waals surface area contributed by atoms with Crippen molar-refractivity contribution in [2.24, 2.45) is 0 Å². The van der Waals surface area contributed by atoms with E-state index in [-0.39, 0.29) is 12.1 Å². The molecular weight excluding hydrogens is 322 g/mol. The van der Waals surface area contributed by atoms with Gasteiger partial charge in [-0.05, 0) is 49.6 Å². The summed E-state index contributed by atoms with van der Waals surface area (Å²) < 4.78 is 0. The van der Waals surface area contributed by atoms with Crippen LogP contribution in [0.15, 0.2) is 60.8 Å². The Kier molecular flexibility index (Phi) is 3.96. The highest BCUT2D eigenvalue weighted by molar-refractivity contribution is 6.11. The smallest absolute Gasteiger partial charge is 0.261 e. The van der Waals surface area contributed by atoms with Crippen molar-refractivity contribution in [1.29, 1.82) is 0 Å². The van der Waals surface area contributed by atoms with Crippen LogP contribution in [0.4, 0.5) is 11.5 Å². The Morgan fingerprint density at radius 1 is 0.923 bits per heavy atom. The van der Waals surface area contributed by atoms with Crippen LogP contribution in [0, 0.1) is 20.8 Å². The van der Waals surface area contributed by atoms with Crippen molar-refractivity contribution in [1.82, 2.24) is 4.98 Å². The number of pyridine rings is 1. The molecule has 4 nitrogen and oxygen atoms in total. The van der Waals surface area contributed by atoms with E-state index < -0.39 is 0 Å². The maximum atomic E-state index is 13.1. The van der Waals surface area contributed by atoms with Crippen LogP contribution in [0.3, 0.4) is 0 Å².